The van der Waals surface area contributed by atoms with Gasteiger partial charge < -0.3 is 19.3 Å². The molecule has 1 fully saturated rings. The van der Waals surface area contributed by atoms with E-state index in [9.17, 15) is 4.79 Å². The van der Waals surface area contributed by atoms with Gasteiger partial charge in [-0.1, -0.05) is 30.5 Å². The predicted molar refractivity (Wildman–Crippen MR) is 152 cm³/mol. The standard InChI is InChI=1S/C29H36ClN5O4/c1-34-11-9-20(10-12-34)18-39-27-16-25-23(15-26(27)38-13-5-3-2-4-6-28(36)33-37)29-32-24-14-22(30)8-7-21(24)17-35(29)19-31-25/h7-8,14-16,19-20,37H,2-6,9-13,17-18H2,1H3,(H,33,36). The summed E-state index contributed by atoms with van der Waals surface area (Å²) in [4.78, 5) is 25.3. The van der Waals surface area contributed by atoms with Crippen molar-refractivity contribution in [3.05, 3.63) is 46.5 Å². The van der Waals surface area contributed by atoms with E-state index >= 15 is 0 Å². The number of nitrogens with zero attached hydrogens (tertiary/aromatic N) is 4. The zero-order valence-corrected chi connectivity index (χ0v) is 23.1. The molecule has 3 aliphatic heterocycles. The summed E-state index contributed by atoms with van der Waals surface area (Å²) in [6, 6.07) is 9.76. The Balaban J connectivity index is 1.32. The predicted octanol–water partition coefficient (Wildman–Crippen LogP) is 5.46. The molecule has 0 aliphatic carbocycles. The number of hydrogen-bond acceptors (Lipinski definition) is 8. The lowest BCUT2D eigenvalue weighted by Crippen LogP contribution is -2.34. The Morgan fingerprint density at radius 3 is 2.69 bits per heavy atom. The number of likely N-dealkylation sites (tertiary alicyclic amines) is 1. The number of unbranched alkanes of at least 4 members (excludes halogenated alkanes) is 3. The van der Waals surface area contributed by atoms with Crippen molar-refractivity contribution >= 4 is 41.1 Å². The van der Waals surface area contributed by atoms with E-state index in [-0.39, 0.29) is 5.91 Å². The van der Waals surface area contributed by atoms with Crippen molar-refractivity contribution < 1.29 is 19.5 Å². The molecule has 3 heterocycles. The van der Waals surface area contributed by atoms with Gasteiger partial charge in [-0.25, -0.2) is 15.5 Å². The van der Waals surface area contributed by atoms with Crippen LogP contribution in [0.3, 0.4) is 0 Å². The summed E-state index contributed by atoms with van der Waals surface area (Å²) in [5, 5.41) is 9.29. The first-order valence-electron chi connectivity index (χ1n) is 13.7. The average Bonchev–Trinajstić information content (AvgIpc) is 2.95. The molecule has 39 heavy (non-hydrogen) atoms. The van der Waals surface area contributed by atoms with Gasteiger partial charge in [0.15, 0.2) is 11.5 Å². The first-order valence-corrected chi connectivity index (χ1v) is 14.1. The highest BCUT2D eigenvalue weighted by atomic mass is 35.5. The van der Waals surface area contributed by atoms with Crippen molar-refractivity contribution in [1.82, 2.24) is 15.3 Å². The van der Waals surface area contributed by atoms with Crippen molar-refractivity contribution in [3.63, 3.8) is 0 Å². The third kappa shape index (κ3) is 6.90. The number of halogens is 1. The highest BCUT2D eigenvalue weighted by Crippen LogP contribution is 2.40. The Hall–Kier alpha value is -3.14. The van der Waals surface area contributed by atoms with Crippen LogP contribution < -0.4 is 15.0 Å². The Labute approximate surface area is 234 Å². The topological polar surface area (TPSA) is 99.0 Å². The molecule has 0 unspecified atom stereocenters. The third-order valence-corrected chi connectivity index (χ3v) is 7.75. The van der Waals surface area contributed by atoms with E-state index < -0.39 is 0 Å². The van der Waals surface area contributed by atoms with Gasteiger partial charge >= 0.3 is 0 Å². The van der Waals surface area contributed by atoms with Gasteiger partial charge in [0.1, 0.15) is 5.84 Å². The number of amides is 1. The zero-order chi connectivity index (χ0) is 27.2. The Kier molecular flexibility index (Phi) is 9.01. The molecule has 0 radical (unpaired) electrons. The van der Waals surface area contributed by atoms with Gasteiger partial charge in [0.25, 0.3) is 0 Å². The number of fused-ring (bicyclic) bond motifs is 4. The molecule has 2 N–H and O–H groups in total. The minimum Gasteiger partial charge on any atom is -0.490 e. The molecular formula is C29H36ClN5O4. The number of carbonyl (C=O) groups excluding carboxylic acids is 1. The number of nitrogens with one attached hydrogen (secondary N) is 1. The van der Waals surface area contributed by atoms with Crippen LogP contribution in [0.1, 0.15) is 56.1 Å². The number of aliphatic imine (C=N–C) groups is 2. The van der Waals surface area contributed by atoms with Gasteiger partial charge in [-0.15, -0.1) is 0 Å². The monoisotopic (exact) mass is 553 g/mol. The van der Waals surface area contributed by atoms with Crippen molar-refractivity contribution in [2.75, 3.05) is 33.4 Å². The minimum absolute atomic E-state index is 0.324. The second-order valence-electron chi connectivity index (χ2n) is 10.5. The van der Waals surface area contributed by atoms with Crippen molar-refractivity contribution in [2.45, 2.75) is 51.5 Å². The van der Waals surface area contributed by atoms with Crippen LogP contribution in [-0.4, -0.2) is 66.4 Å². The van der Waals surface area contributed by atoms with Crippen LogP contribution in [0.4, 0.5) is 11.4 Å². The van der Waals surface area contributed by atoms with Crippen LogP contribution in [0.25, 0.3) is 0 Å². The minimum atomic E-state index is -0.348. The van der Waals surface area contributed by atoms with Crippen molar-refractivity contribution in [1.29, 1.82) is 0 Å². The Bertz CT molecular complexity index is 1240. The van der Waals surface area contributed by atoms with Crippen molar-refractivity contribution in [2.24, 2.45) is 15.9 Å². The molecule has 1 amide bonds. The van der Waals surface area contributed by atoms with E-state index in [1.165, 1.54) is 0 Å². The number of ether oxygens (including phenoxy) is 2. The van der Waals surface area contributed by atoms with Gasteiger partial charge in [0, 0.05) is 23.1 Å². The van der Waals surface area contributed by atoms with Crippen LogP contribution in [0.15, 0.2) is 40.3 Å². The zero-order valence-electron chi connectivity index (χ0n) is 22.4. The Morgan fingerprint density at radius 1 is 1.08 bits per heavy atom. The highest BCUT2D eigenvalue weighted by molar-refractivity contribution is 6.31. The fourth-order valence-electron chi connectivity index (χ4n) is 5.13. The summed E-state index contributed by atoms with van der Waals surface area (Å²) in [5.41, 5.74) is 5.36. The molecule has 2 aromatic carbocycles. The number of benzene rings is 2. The van der Waals surface area contributed by atoms with Gasteiger partial charge in [-0.3, -0.25) is 10.0 Å². The summed E-state index contributed by atoms with van der Waals surface area (Å²) < 4.78 is 12.6. The fraction of sp³-hybridized carbons (Fsp3) is 0.483. The normalized spacial score (nSPS) is 16.7. The van der Waals surface area contributed by atoms with Crippen LogP contribution in [0, 0.1) is 5.92 Å². The number of rotatable bonds is 11. The third-order valence-electron chi connectivity index (χ3n) is 7.52. The quantitative estimate of drug-likeness (QED) is 0.218. The number of hydrogen-bond donors (Lipinski definition) is 2. The van der Waals surface area contributed by atoms with Crippen LogP contribution >= 0.6 is 11.6 Å². The summed E-state index contributed by atoms with van der Waals surface area (Å²) in [7, 11) is 2.16. The van der Waals surface area contributed by atoms with E-state index in [1.807, 2.05) is 41.6 Å². The Morgan fingerprint density at radius 2 is 1.87 bits per heavy atom. The smallest absolute Gasteiger partial charge is 0.243 e. The van der Waals surface area contributed by atoms with Crippen LogP contribution in [-0.2, 0) is 11.3 Å². The van der Waals surface area contributed by atoms with Gasteiger partial charge in [-0.05, 0) is 75.5 Å². The first kappa shape index (κ1) is 27.4. The number of piperidine rings is 1. The molecule has 2 aromatic rings. The lowest BCUT2D eigenvalue weighted by Gasteiger charge is -2.31. The molecule has 0 saturated carbocycles. The van der Waals surface area contributed by atoms with Crippen LogP contribution in [0.5, 0.6) is 11.5 Å². The van der Waals surface area contributed by atoms with E-state index in [0.29, 0.717) is 48.6 Å². The van der Waals surface area contributed by atoms with Gasteiger partial charge in [0.05, 0.1) is 37.5 Å². The summed E-state index contributed by atoms with van der Waals surface area (Å²) in [6.45, 7) is 4.04. The molecular weight excluding hydrogens is 518 g/mol. The first-order chi connectivity index (χ1) is 19.0. The lowest BCUT2D eigenvalue weighted by atomic mass is 9.98. The maximum absolute atomic E-state index is 11.2. The molecule has 10 heteroatoms. The second kappa shape index (κ2) is 12.8. The largest absolute Gasteiger partial charge is 0.490 e. The summed E-state index contributed by atoms with van der Waals surface area (Å²) >= 11 is 6.25. The number of amidine groups is 1. The van der Waals surface area contributed by atoms with Crippen molar-refractivity contribution in [3.8, 4) is 11.5 Å². The maximum Gasteiger partial charge on any atom is 0.243 e. The van der Waals surface area contributed by atoms with Gasteiger partial charge in [-0.2, -0.15) is 0 Å². The molecule has 0 atom stereocenters. The lowest BCUT2D eigenvalue weighted by molar-refractivity contribution is -0.129. The van der Waals surface area contributed by atoms with E-state index in [2.05, 4.69) is 11.9 Å². The van der Waals surface area contributed by atoms with Crippen LogP contribution in [0.2, 0.25) is 5.02 Å². The molecule has 0 bridgehead atoms. The molecule has 3 aliphatic rings. The molecule has 9 nitrogen and oxygen atoms in total. The highest BCUT2D eigenvalue weighted by Gasteiger charge is 2.27. The number of hydroxylamine groups is 1. The molecule has 0 spiro atoms. The summed E-state index contributed by atoms with van der Waals surface area (Å²) in [5.74, 6) is 2.39. The second-order valence-corrected chi connectivity index (χ2v) is 10.9. The SMILES string of the molecule is CN1CCC(COc2cc3c(cc2OCCCCCCC(=O)NO)C2=Nc4cc(Cl)ccc4CN2C=N3)CC1. The van der Waals surface area contributed by atoms with Gasteiger partial charge in [0.2, 0.25) is 5.91 Å². The van der Waals surface area contributed by atoms with E-state index in [4.69, 9.17) is 36.3 Å². The average molecular weight is 554 g/mol. The van der Waals surface area contributed by atoms with E-state index in [0.717, 1.165) is 80.0 Å². The molecule has 208 valence electrons. The fourth-order valence-corrected chi connectivity index (χ4v) is 5.30. The number of carbonyl (C=O) groups is 1. The molecule has 0 aromatic heterocycles. The molecule has 1 saturated heterocycles. The maximum atomic E-state index is 11.2. The van der Waals surface area contributed by atoms with E-state index in [1.54, 1.807) is 5.48 Å². The molecule has 5 rings (SSSR count). The summed E-state index contributed by atoms with van der Waals surface area (Å²) in [6.07, 6.45) is 7.80.